The second kappa shape index (κ2) is 5.94. The van der Waals surface area contributed by atoms with Crippen LogP contribution in [-0.4, -0.2) is 5.11 Å². The number of aliphatic hydroxyl groups is 1. The molecule has 1 aliphatic rings. The standard InChI is InChI=1S/C15H22ClNO/c1-2-10-4-3-5-11(8-10)15(18)13-7-6-12(16)9-14(13)17/h6-7,9-11,15,18H,2-5,8,17H2,1H3. The van der Waals surface area contributed by atoms with Gasteiger partial charge in [-0.25, -0.2) is 0 Å². The van der Waals surface area contributed by atoms with E-state index in [2.05, 4.69) is 6.92 Å². The summed E-state index contributed by atoms with van der Waals surface area (Å²) in [4.78, 5) is 0. The maximum absolute atomic E-state index is 10.5. The number of hydrogen-bond acceptors (Lipinski definition) is 2. The first-order chi connectivity index (χ1) is 8.61. The minimum absolute atomic E-state index is 0.340. The van der Waals surface area contributed by atoms with Crippen molar-refractivity contribution in [2.24, 2.45) is 11.8 Å². The van der Waals surface area contributed by atoms with Gasteiger partial charge in [0.05, 0.1) is 6.10 Å². The highest BCUT2D eigenvalue weighted by Crippen LogP contribution is 2.40. The van der Waals surface area contributed by atoms with Crippen LogP contribution in [0.4, 0.5) is 5.69 Å². The van der Waals surface area contributed by atoms with Gasteiger partial charge in [0.25, 0.3) is 0 Å². The summed E-state index contributed by atoms with van der Waals surface area (Å²) in [7, 11) is 0. The summed E-state index contributed by atoms with van der Waals surface area (Å²) in [6, 6.07) is 5.38. The molecule has 0 heterocycles. The molecule has 3 N–H and O–H groups in total. The van der Waals surface area contributed by atoms with Crippen LogP contribution < -0.4 is 5.73 Å². The van der Waals surface area contributed by atoms with Crippen LogP contribution in [0, 0.1) is 11.8 Å². The third-order valence-electron chi connectivity index (χ3n) is 4.21. The Morgan fingerprint density at radius 2 is 2.22 bits per heavy atom. The summed E-state index contributed by atoms with van der Waals surface area (Å²) in [6.07, 6.45) is 5.49. The van der Waals surface area contributed by atoms with Crippen molar-refractivity contribution in [3.8, 4) is 0 Å². The van der Waals surface area contributed by atoms with E-state index >= 15 is 0 Å². The second-order valence-corrected chi connectivity index (χ2v) is 5.86. The maximum Gasteiger partial charge on any atom is 0.0838 e. The lowest BCUT2D eigenvalue weighted by Crippen LogP contribution is -2.22. The predicted octanol–water partition coefficient (Wildman–Crippen LogP) is 4.17. The number of aliphatic hydroxyl groups excluding tert-OH is 1. The molecule has 0 saturated heterocycles. The zero-order chi connectivity index (χ0) is 13.1. The Kier molecular flexibility index (Phi) is 4.52. The van der Waals surface area contributed by atoms with E-state index in [9.17, 15) is 5.11 Å². The van der Waals surface area contributed by atoms with E-state index in [1.807, 2.05) is 6.07 Å². The first kappa shape index (κ1) is 13.7. The SMILES string of the molecule is CCC1CCCC(C(O)c2ccc(Cl)cc2N)C1. The lowest BCUT2D eigenvalue weighted by atomic mass is 9.76. The molecule has 0 bridgehead atoms. The van der Waals surface area contributed by atoms with E-state index in [0.29, 0.717) is 16.6 Å². The van der Waals surface area contributed by atoms with Gasteiger partial charge in [0.1, 0.15) is 0 Å². The fourth-order valence-electron chi connectivity index (χ4n) is 3.06. The van der Waals surface area contributed by atoms with Gasteiger partial charge >= 0.3 is 0 Å². The smallest absolute Gasteiger partial charge is 0.0838 e. The summed E-state index contributed by atoms with van der Waals surface area (Å²) >= 11 is 5.89. The monoisotopic (exact) mass is 267 g/mol. The molecule has 0 radical (unpaired) electrons. The first-order valence-electron chi connectivity index (χ1n) is 6.84. The number of anilines is 1. The zero-order valence-corrected chi connectivity index (χ0v) is 11.7. The topological polar surface area (TPSA) is 46.2 Å². The quantitative estimate of drug-likeness (QED) is 0.808. The Balaban J connectivity index is 2.12. The number of hydrogen-bond donors (Lipinski definition) is 2. The van der Waals surface area contributed by atoms with Crippen molar-refractivity contribution in [1.82, 2.24) is 0 Å². The summed E-state index contributed by atoms with van der Waals surface area (Å²) in [5, 5.41) is 11.1. The van der Waals surface area contributed by atoms with Crippen LogP contribution >= 0.6 is 11.6 Å². The molecule has 3 unspecified atom stereocenters. The van der Waals surface area contributed by atoms with Gasteiger partial charge in [0.2, 0.25) is 0 Å². The van der Waals surface area contributed by atoms with Crippen LogP contribution in [0.2, 0.25) is 5.02 Å². The van der Waals surface area contributed by atoms with Crippen molar-refractivity contribution in [1.29, 1.82) is 0 Å². The van der Waals surface area contributed by atoms with Crippen molar-refractivity contribution < 1.29 is 5.11 Å². The molecule has 2 nitrogen and oxygen atoms in total. The van der Waals surface area contributed by atoms with Gasteiger partial charge in [0.15, 0.2) is 0 Å². The summed E-state index contributed by atoms with van der Waals surface area (Å²) in [6.45, 7) is 2.23. The van der Waals surface area contributed by atoms with Crippen LogP contribution in [0.3, 0.4) is 0 Å². The normalized spacial score (nSPS) is 25.9. The molecular formula is C15H22ClNO. The fourth-order valence-corrected chi connectivity index (χ4v) is 3.24. The molecule has 2 rings (SSSR count). The van der Waals surface area contributed by atoms with E-state index in [1.54, 1.807) is 12.1 Å². The lowest BCUT2D eigenvalue weighted by Gasteiger charge is -2.32. The Morgan fingerprint density at radius 1 is 1.44 bits per heavy atom. The molecule has 3 atom stereocenters. The molecule has 0 spiro atoms. The largest absolute Gasteiger partial charge is 0.398 e. The average Bonchev–Trinajstić information content (AvgIpc) is 2.38. The Hall–Kier alpha value is -0.730. The predicted molar refractivity (Wildman–Crippen MR) is 76.6 cm³/mol. The van der Waals surface area contributed by atoms with Crippen molar-refractivity contribution in [3.63, 3.8) is 0 Å². The van der Waals surface area contributed by atoms with Gasteiger partial charge < -0.3 is 10.8 Å². The molecule has 0 aromatic heterocycles. The Bertz CT molecular complexity index is 407. The minimum atomic E-state index is -0.448. The van der Waals surface area contributed by atoms with Crippen molar-refractivity contribution >= 4 is 17.3 Å². The van der Waals surface area contributed by atoms with Crippen molar-refractivity contribution in [2.45, 2.75) is 45.1 Å². The maximum atomic E-state index is 10.5. The summed E-state index contributed by atoms with van der Waals surface area (Å²) in [5.74, 6) is 1.10. The van der Waals surface area contributed by atoms with Crippen LogP contribution in [-0.2, 0) is 0 Å². The van der Waals surface area contributed by atoms with E-state index < -0.39 is 6.10 Å². The lowest BCUT2D eigenvalue weighted by molar-refractivity contribution is 0.0683. The van der Waals surface area contributed by atoms with Gasteiger partial charge in [-0.1, -0.05) is 43.9 Å². The summed E-state index contributed by atoms with van der Waals surface area (Å²) < 4.78 is 0. The van der Waals surface area contributed by atoms with Gasteiger partial charge in [-0.2, -0.15) is 0 Å². The Morgan fingerprint density at radius 3 is 2.89 bits per heavy atom. The van der Waals surface area contributed by atoms with Gasteiger partial charge in [-0.05, 0) is 36.8 Å². The van der Waals surface area contributed by atoms with Gasteiger partial charge in [-0.15, -0.1) is 0 Å². The first-order valence-corrected chi connectivity index (χ1v) is 7.22. The highest BCUT2D eigenvalue weighted by molar-refractivity contribution is 6.30. The number of rotatable bonds is 3. The van der Waals surface area contributed by atoms with Crippen LogP contribution in [0.1, 0.15) is 50.7 Å². The number of nitrogen functional groups attached to an aromatic ring is 1. The number of nitrogens with two attached hydrogens (primary N) is 1. The highest BCUT2D eigenvalue weighted by Gasteiger charge is 2.28. The molecular weight excluding hydrogens is 246 g/mol. The average molecular weight is 268 g/mol. The third-order valence-corrected chi connectivity index (χ3v) is 4.45. The van der Waals surface area contributed by atoms with Gasteiger partial charge in [-0.3, -0.25) is 0 Å². The molecule has 1 aromatic carbocycles. The van der Waals surface area contributed by atoms with E-state index in [-0.39, 0.29) is 0 Å². The van der Waals surface area contributed by atoms with E-state index in [0.717, 1.165) is 24.3 Å². The molecule has 0 aliphatic heterocycles. The van der Waals surface area contributed by atoms with Crippen LogP contribution in [0.5, 0.6) is 0 Å². The summed E-state index contributed by atoms with van der Waals surface area (Å²) in [5.41, 5.74) is 7.39. The molecule has 0 amide bonds. The Labute approximate surface area is 114 Å². The highest BCUT2D eigenvalue weighted by atomic mass is 35.5. The molecule has 1 fully saturated rings. The number of halogens is 1. The van der Waals surface area contributed by atoms with Crippen LogP contribution in [0.25, 0.3) is 0 Å². The molecule has 1 saturated carbocycles. The van der Waals surface area contributed by atoms with E-state index in [1.165, 1.54) is 19.3 Å². The molecule has 1 aliphatic carbocycles. The zero-order valence-electron chi connectivity index (χ0n) is 10.9. The van der Waals surface area contributed by atoms with Crippen LogP contribution in [0.15, 0.2) is 18.2 Å². The van der Waals surface area contributed by atoms with Crippen molar-refractivity contribution in [2.75, 3.05) is 5.73 Å². The van der Waals surface area contributed by atoms with Gasteiger partial charge in [0, 0.05) is 16.3 Å². The minimum Gasteiger partial charge on any atom is -0.398 e. The number of benzene rings is 1. The third kappa shape index (κ3) is 2.99. The molecule has 1 aromatic rings. The fraction of sp³-hybridized carbons (Fsp3) is 0.600. The molecule has 100 valence electrons. The second-order valence-electron chi connectivity index (χ2n) is 5.42. The molecule has 3 heteroatoms. The van der Waals surface area contributed by atoms with E-state index in [4.69, 9.17) is 17.3 Å². The van der Waals surface area contributed by atoms with Crippen molar-refractivity contribution in [3.05, 3.63) is 28.8 Å². The molecule has 18 heavy (non-hydrogen) atoms.